The van der Waals surface area contributed by atoms with Crippen molar-refractivity contribution in [1.29, 1.82) is 0 Å². The Labute approximate surface area is 102 Å². The maximum Gasteiger partial charge on any atom is 0.321 e. The molecule has 17 heavy (non-hydrogen) atoms. The van der Waals surface area contributed by atoms with Gasteiger partial charge in [0.25, 0.3) is 0 Å². The summed E-state index contributed by atoms with van der Waals surface area (Å²) in [5, 5.41) is 8.99. The Morgan fingerprint density at radius 3 is 2.82 bits per heavy atom. The molecule has 1 aliphatic carbocycles. The highest BCUT2D eigenvalue weighted by atomic mass is 16.4. The van der Waals surface area contributed by atoms with Crippen molar-refractivity contribution < 1.29 is 9.90 Å². The summed E-state index contributed by atoms with van der Waals surface area (Å²) in [6.45, 7) is 4.13. The van der Waals surface area contributed by atoms with E-state index in [4.69, 9.17) is 10.8 Å². The summed E-state index contributed by atoms with van der Waals surface area (Å²) in [6.07, 6.45) is 2.14. The van der Waals surface area contributed by atoms with Crippen LogP contribution in [0.4, 0.5) is 0 Å². The molecular weight excluding hydrogens is 214 g/mol. The monoisotopic (exact) mass is 233 g/mol. The largest absolute Gasteiger partial charge is 0.480 e. The van der Waals surface area contributed by atoms with E-state index < -0.39 is 12.0 Å². The molecule has 3 N–H and O–H groups in total. The molecule has 0 heterocycles. The predicted molar refractivity (Wildman–Crippen MR) is 67.0 cm³/mol. The number of fused-ring (bicyclic) bond motifs is 1. The summed E-state index contributed by atoms with van der Waals surface area (Å²) in [7, 11) is 0. The number of carboxylic acids is 1. The minimum Gasteiger partial charge on any atom is -0.480 e. The third-order valence-electron chi connectivity index (χ3n) is 3.74. The summed E-state index contributed by atoms with van der Waals surface area (Å²) < 4.78 is 0. The zero-order valence-corrected chi connectivity index (χ0v) is 10.3. The van der Waals surface area contributed by atoms with E-state index in [2.05, 4.69) is 13.0 Å². The minimum absolute atomic E-state index is 0.132. The molecular formula is C14H19NO2. The van der Waals surface area contributed by atoms with Crippen LogP contribution in [0, 0.1) is 5.92 Å². The van der Waals surface area contributed by atoms with Gasteiger partial charge >= 0.3 is 5.97 Å². The number of rotatable bonds is 3. The van der Waals surface area contributed by atoms with E-state index >= 15 is 0 Å². The molecule has 3 unspecified atom stereocenters. The lowest BCUT2D eigenvalue weighted by molar-refractivity contribution is -0.139. The van der Waals surface area contributed by atoms with Crippen LogP contribution in [0.5, 0.6) is 0 Å². The molecule has 0 saturated carbocycles. The van der Waals surface area contributed by atoms with Crippen LogP contribution in [0.15, 0.2) is 18.2 Å². The molecule has 0 radical (unpaired) electrons. The van der Waals surface area contributed by atoms with Crippen LogP contribution in [0.3, 0.4) is 0 Å². The minimum atomic E-state index is -0.929. The summed E-state index contributed by atoms with van der Waals surface area (Å²) in [6, 6.07) is 5.35. The van der Waals surface area contributed by atoms with Gasteiger partial charge in [-0.1, -0.05) is 32.0 Å². The van der Waals surface area contributed by atoms with Gasteiger partial charge in [0.2, 0.25) is 0 Å². The van der Waals surface area contributed by atoms with Gasteiger partial charge in [-0.3, -0.25) is 4.79 Å². The summed E-state index contributed by atoms with van der Waals surface area (Å²) in [5.74, 6) is -0.409. The van der Waals surface area contributed by atoms with Crippen molar-refractivity contribution >= 4 is 5.97 Å². The van der Waals surface area contributed by atoms with E-state index in [9.17, 15) is 4.79 Å². The Hall–Kier alpha value is -1.35. The molecule has 1 aromatic rings. The highest BCUT2D eigenvalue weighted by Gasteiger charge is 2.27. The second kappa shape index (κ2) is 4.49. The number of hydrogen-bond donors (Lipinski definition) is 2. The molecule has 0 spiro atoms. The van der Waals surface area contributed by atoms with E-state index in [1.54, 1.807) is 0 Å². The first-order chi connectivity index (χ1) is 8.00. The molecule has 1 aromatic carbocycles. The Balaban J connectivity index is 2.34. The molecule has 92 valence electrons. The zero-order valence-electron chi connectivity index (χ0n) is 10.3. The lowest BCUT2D eigenvalue weighted by atomic mass is 9.88. The van der Waals surface area contributed by atoms with Gasteiger partial charge in [-0.15, -0.1) is 0 Å². The molecule has 3 atom stereocenters. The SMILES string of the molecule is CC1Cc2cccc(C(C)C(N)C(=O)O)c2C1. The highest BCUT2D eigenvalue weighted by molar-refractivity contribution is 5.74. The highest BCUT2D eigenvalue weighted by Crippen LogP contribution is 2.33. The van der Waals surface area contributed by atoms with Crippen molar-refractivity contribution in [3.05, 3.63) is 34.9 Å². The van der Waals surface area contributed by atoms with E-state index in [1.165, 1.54) is 11.1 Å². The molecule has 0 amide bonds. The third-order valence-corrected chi connectivity index (χ3v) is 3.74. The molecule has 0 saturated heterocycles. The number of hydrogen-bond acceptors (Lipinski definition) is 2. The van der Waals surface area contributed by atoms with E-state index in [-0.39, 0.29) is 5.92 Å². The zero-order chi connectivity index (χ0) is 12.6. The van der Waals surface area contributed by atoms with Crippen molar-refractivity contribution in [3.8, 4) is 0 Å². The van der Waals surface area contributed by atoms with Crippen molar-refractivity contribution in [2.75, 3.05) is 0 Å². The van der Waals surface area contributed by atoms with Crippen LogP contribution in [0.1, 0.15) is 36.5 Å². The molecule has 2 rings (SSSR count). The van der Waals surface area contributed by atoms with Crippen LogP contribution in [-0.2, 0) is 17.6 Å². The summed E-state index contributed by atoms with van der Waals surface area (Å²) in [4.78, 5) is 11.0. The van der Waals surface area contributed by atoms with Gasteiger partial charge in [0.15, 0.2) is 0 Å². The third kappa shape index (κ3) is 2.20. The quantitative estimate of drug-likeness (QED) is 0.838. The first kappa shape index (κ1) is 12.1. The van der Waals surface area contributed by atoms with E-state index in [0.29, 0.717) is 5.92 Å². The Bertz CT molecular complexity index is 442. The van der Waals surface area contributed by atoms with Crippen LogP contribution in [-0.4, -0.2) is 17.1 Å². The fourth-order valence-electron chi connectivity index (χ4n) is 2.72. The van der Waals surface area contributed by atoms with Gasteiger partial charge in [-0.05, 0) is 35.4 Å². The first-order valence-electron chi connectivity index (χ1n) is 6.09. The van der Waals surface area contributed by atoms with Crippen LogP contribution in [0.25, 0.3) is 0 Å². The molecule has 0 aliphatic heterocycles. The lowest BCUT2D eigenvalue weighted by Crippen LogP contribution is -2.35. The van der Waals surface area contributed by atoms with Gasteiger partial charge in [0, 0.05) is 5.92 Å². The second-order valence-electron chi connectivity index (χ2n) is 5.15. The molecule has 0 fully saturated rings. The molecule has 3 nitrogen and oxygen atoms in total. The smallest absolute Gasteiger partial charge is 0.321 e. The second-order valence-corrected chi connectivity index (χ2v) is 5.15. The number of aliphatic carboxylic acids is 1. The summed E-state index contributed by atoms with van der Waals surface area (Å²) >= 11 is 0. The average molecular weight is 233 g/mol. The fraction of sp³-hybridized carbons (Fsp3) is 0.500. The molecule has 0 aromatic heterocycles. The van der Waals surface area contributed by atoms with Gasteiger partial charge < -0.3 is 10.8 Å². The Morgan fingerprint density at radius 2 is 2.18 bits per heavy atom. The first-order valence-corrected chi connectivity index (χ1v) is 6.09. The predicted octanol–water partition coefficient (Wildman–Crippen LogP) is 1.94. The van der Waals surface area contributed by atoms with Gasteiger partial charge in [0.1, 0.15) is 6.04 Å². The number of carbonyl (C=O) groups is 1. The normalized spacial score (nSPS) is 21.9. The number of benzene rings is 1. The maximum atomic E-state index is 11.0. The van der Waals surface area contributed by atoms with Crippen molar-refractivity contribution in [2.45, 2.75) is 38.6 Å². The van der Waals surface area contributed by atoms with Gasteiger partial charge in [0.05, 0.1) is 0 Å². The van der Waals surface area contributed by atoms with Gasteiger partial charge in [-0.25, -0.2) is 0 Å². The standard InChI is InChI=1S/C14H19NO2/c1-8-6-10-4-3-5-11(12(10)7-8)9(2)13(15)14(16)17/h3-5,8-9,13H,6-7,15H2,1-2H3,(H,16,17). The van der Waals surface area contributed by atoms with Crippen LogP contribution in [0.2, 0.25) is 0 Å². The van der Waals surface area contributed by atoms with Crippen molar-refractivity contribution in [3.63, 3.8) is 0 Å². The maximum absolute atomic E-state index is 11.0. The fourth-order valence-corrected chi connectivity index (χ4v) is 2.72. The number of carboxylic acid groups (broad SMARTS) is 1. The van der Waals surface area contributed by atoms with Crippen LogP contribution >= 0.6 is 0 Å². The van der Waals surface area contributed by atoms with E-state index in [0.717, 1.165) is 18.4 Å². The van der Waals surface area contributed by atoms with Gasteiger partial charge in [-0.2, -0.15) is 0 Å². The average Bonchev–Trinajstić information content (AvgIpc) is 2.66. The van der Waals surface area contributed by atoms with Crippen molar-refractivity contribution in [2.24, 2.45) is 11.7 Å². The summed E-state index contributed by atoms with van der Waals surface area (Å²) in [5.41, 5.74) is 9.52. The lowest BCUT2D eigenvalue weighted by Gasteiger charge is -2.19. The molecule has 1 aliphatic rings. The topological polar surface area (TPSA) is 63.3 Å². The van der Waals surface area contributed by atoms with Crippen molar-refractivity contribution in [1.82, 2.24) is 0 Å². The van der Waals surface area contributed by atoms with E-state index in [1.807, 2.05) is 19.1 Å². The Morgan fingerprint density at radius 1 is 1.47 bits per heavy atom. The van der Waals surface area contributed by atoms with Crippen LogP contribution < -0.4 is 5.73 Å². The molecule has 0 bridgehead atoms. The number of nitrogens with two attached hydrogens (primary N) is 1. The Kier molecular flexibility index (Phi) is 3.20. The molecule has 3 heteroatoms.